The van der Waals surface area contributed by atoms with Gasteiger partial charge in [0.05, 0.1) is 0 Å². The van der Waals surface area contributed by atoms with Gasteiger partial charge in [-0.1, -0.05) is 23.8 Å². The normalized spacial score (nSPS) is 14.0. The maximum Gasteiger partial charge on any atom is 0.232 e. The summed E-state index contributed by atoms with van der Waals surface area (Å²) in [4.78, 5) is 12.8. The predicted octanol–water partition coefficient (Wildman–Crippen LogP) is 4.99. The van der Waals surface area contributed by atoms with Gasteiger partial charge in [0.25, 0.3) is 0 Å². The fourth-order valence-electron chi connectivity index (χ4n) is 3.32. The molecular weight excluding hydrogens is 384 g/mol. The number of nitrogen functional groups attached to an aromatic ring is 1. The number of aromatic nitrogens is 3. The van der Waals surface area contributed by atoms with Crippen LogP contribution in [0.15, 0.2) is 60.2 Å². The molecule has 2 aromatic carbocycles. The Hall–Kier alpha value is -3.35. The number of hydrogen-bond donors (Lipinski definition) is 2. The molecule has 0 radical (unpaired) electrons. The third-order valence-electron chi connectivity index (χ3n) is 5.05. The molecule has 1 fully saturated rings. The van der Waals surface area contributed by atoms with Crippen LogP contribution in [0.2, 0.25) is 0 Å². The summed E-state index contributed by atoms with van der Waals surface area (Å²) in [5.41, 5.74) is 9.00. The Kier molecular flexibility index (Phi) is 5.97. The van der Waals surface area contributed by atoms with Gasteiger partial charge in [0.2, 0.25) is 11.9 Å². The molecule has 30 heavy (non-hydrogen) atoms. The number of nitrogens with one attached hydrogen (secondary N) is 1. The molecular formula is C23H23F2N5. The van der Waals surface area contributed by atoms with Crippen molar-refractivity contribution in [1.82, 2.24) is 15.0 Å². The molecule has 7 heteroatoms. The zero-order chi connectivity index (χ0) is 20.9. The number of nitrogens with two attached hydrogens (primary N) is 1. The van der Waals surface area contributed by atoms with Gasteiger partial charge in [-0.05, 0) is 73.6 Å². The quantitative estimate of drug-likeness (QED) is 0.515. The van der Waals surface area contributed by atoms with E-state index in [0.717, 1.165) is 18.4 Å². The van der Waals surface area contributed by atoms with Gasteiger partial charge in [-0.25, -0.2) is 8.78 Å². The third-order valence-corrected chi connectivity index (χ3v) is 5.05. The van der Waals surface area contributed by atoms with Gasteiger partial charge in [-0.15, -0.1) is 0 Å². The molecule has 0 amide bonds. The third kappa shape index (κ3) is 5.59. The fraction of sp³-hybridized carbons (Fsp3) is 0.261. The molecule has 3 N–H and O–H groups in total. The van der Waals surface area contributed by atoms with Crippen LogP contribution in [0.3, 0.4) is 0 Å². The molecule has 0 aliphatic heterocycles. The molecule has 5 nitrogen and oxygen atoms in total. The van der Waals surface area contributed by atoms with Crippen LogP contribution in [0.4, 0.5) is 26.4 Å². The van der Waals surface area contributed by atoms with Crippen molar-refractivity contribution in [2.45, 2.75) is 32.1 Å². The Bertz CT molecular complexity index is 1030. The Morgan fingerprint density at radius 3 is 2.30 bits per heavy atom. The molecule has 154 valence electrons. The molecule has 0 unspecified atom stereocenters. The van der Waals surface area contributed by atoms with Crippen molar-refractivity contribution < 1.29 is 8.78 Å². The van der Waals surface area contributed by atoms with E-state index in [1.165, 1.54) is 42.7 Å². The first-order valence-electron chi connectivity index (χ1n) is 10.0. The summed E-state index contributed by atoms with van der Waals surface area (Å²) in [6.07, 6.45) is 6.91. The first-order chi connectivity index (χ1) is 14.5. The smallest absolute Gasteiger partial charge is 0.232 e. The first-order valence-corrected chi connectivity index (χ1v) is 10.0. The van der Waals surface area contributed by atoms with E-state index in [2.05, 4.69) is 26.3 Å². The van der Waals surface area contributed by atoms with E-state index < -0.39 is 0 Å². The summed E-state index contributed by atoms with van der Waals surface area (Å²) < 4.78 is 26.2. The van der Waals surface area contributed by atoms with E-state index in [0.29, 0.717) is 29.8 Å². The average Bonchev–Trinajstić information content (AvgIpc) is 3.56. The van der Waals surface area contributed by atoms with E-state index in [1.54, 1.807) is 12.1 Å². The number of anilines is 3. The highest BCUT2D eigenvalue weighted by Gasteiger charge is 2.25. The van der Waals surface area contributed by atoms with Gasteiger partial charge < -0.3 is 11.1 Å². The molecule has 4 rings (SSSR count). The van der Waals surface area contributed by atoms with Crippen LogP contribution in [-0.2, 0) is 12.8 Å². The molecule has 1 aromatic heterocycles. The van der Waals surface area contributed by atoms with Crippen molar-refractivity contribution in [3.05, 3.63) is 83.2 Å². The van der Waals surface area contributed by atoms with Crippen molar-refractivity contribution in [3.63, 3.8) is 0 Å². The fourth-order valence-corrected chi connectivity index (χ4v) is 3.32. The summed E-state index contributed by atoms with van der Waals surface area (Å²) in [5, 5.41) is 3.03. The molecule has 1 saturated carbocycles. The summed E-state index contributed by atoms with van der Waals surface area (Å²) in [6.45, 7) is 0. The van der Waals surface area contributed by atoms with Crippen molar-refractivity contribution in [2.24, 2.45) is 5.92 Å². The minimum absolute atomic E-state index is 0.146. The lowest BCUT2D eigenvalue weighted by Crippen LogP contribution is -2.08. The Labute approximate surface area is 174 Å². The van der Waals surface area contributed by atoms with Crippen molar-refractivity contribution >= 4 is 17.6 Å². The monoisotopic (exact) mass is 407 g/mol. The predicted molar refractivity (Wildman–Crippen MR) is 113 cm³/mol. The second-order valence-electron chi connectivity index (χ2n) is 7.45. The van der Waals surface area contributed by atoms with Crippen LogP contribution in [0.5, 0.6) is 0 Å². The van der Waals surface area contributed by atoms with Gasteiger partial charge in [0, 0.05) is 12.1 Å². The molecule has 0 atom stereocenters. The van der Waals surface area contributed by atoms with Crippen molar-refractivity contribution in [1.29, 1.82) is 0 Å². The number of nitrogens with zero attached hydrogens (tertiary/aromatic N) is 3. The Morgan fingerprint density at radius 1 is 0.967 bits per heavy atom. The van der Waals surface area contributed by atoms with Crippen LogP contribution < -0.4 is 11.1 Å². The van der Waals surface area contributed by atoms with Gasteiger partial charge in [-0.3, -0.25) is 0 Å². The molecule has 1 heterocycles. The highest BCUT2D eigenvalue weighted by Crippen LogP contribution is 2.38. The van der Waals surface area contributed by atoms with E-state index >= 15 is 0 Å². The first kappa shape index (κ1) is 19.9. The van der Waals surface area contributed by atoms with Gasteiger partial charge >= 0.3 is 0 Å². The van der Waals surface area contributed by atoms with E-state index in [9.17, 15) is 8.78 Å². The lowest BCUT2D eigenvalue weighted by molar-refractivity contribution is 0.627. The van der Waals surface area contributed by atoms with E-state index in [1.807, 2.05) is 12.1 Å². The molecule has 0 bridgehead atoms. The van der Waals surface area contributed by atoms with Crippen LogP contribution in [-0.4, -0.2) is 15.0 Å². The highest BCUT2D eigenvalue weighted by molar-refractivity contribution is 5.53. The number of benzene rings is 2. The largest absolute Gasteiger partial charge is 0.368 e. The van der Waals surface area contributed by atoms with Gasteiger partial charge in [-0.2, -0.15) is 15.0 Å². The molecule has 1 aliphatic rings. The standard InChI is InChI=1S/C23H23F2N5/c24-18-8-2-15(3-9-18)1-4-16(17-5-6-17)7-14-21-28-22(26)30-23(29-21)27-20-12-10-19(25)11-13-20/h2-4,8-13,17H,1,5-7,14H2,(H3,26,27,28,29,30)/b16-4-. The SMILES string of the molecule is Nc1nc(CC/C(=C/Cc2ccc(F)cc2)C2CC2)nc(Nc2ccc(F)cc2)n1. The summed E-state index contributed by atoms with van der Waals surface area (Å²) in [5.74, 6) is 1.18. The second-order valence-corrected chi connectivity index (χ2v) is 7.45. The average molecular weight is 407 g/mol. The second kappa shape index (κ2) is 8.98. The van der Waals surface area contributed by atoms with Crippen LogP contribution >= 0.6 is 0 Å². The number of rotatable bonds is 8. The minimum atomic E-state index is -0.309. The number of hydrogen-bond acceptors (Lipinski definition) is 5. The summed E-state index contributed by atoms with van der Waals surface area (Å²) >= 11 is 0. The maximum atomic E-state index is 13.1. The van der Waals surface area contributed by atoms with Gasteiger partial charge in [0.1, 0.15) is 17.5 Å². The molecule has 0 spiro atoms. The molecule has 3 aromatic rings. The minimum Gasteiger partial charge on any atom is -0.368 e. The van der Waals surface area contributed by atoms with Crippen LogP contribution in [0, 0.1) is 17.6 Å². The zero-order valence-corrected chi connectivity index (χ0v) is 16.5. The number of aryl methyl sites for hydroxylation is 1. The Balaban J connectivity index is 1.42. The van der Waals surface area contributed by atoms with Crippen LogP contribution in [0.25, 0.3) is 0 Å². The molecule has 0 saturated heterocycles. The molecule has 1 aliphatic carbocycles. The van der Waals surface area contributed by atoms with E-state index in [-0.39, 0.29) is 17.6 Å². The zero-order valence-electron chi connectivity index (χ0n) is 16.5. The number of halogens is 2. The topological polar surface area (TPSA) is 76.7 Å². The van der Waals surface area contributed by atoms with E-state index in [4.69, 9.17) is 5.73 Å². The van der Waals surface area contributed by atoms with Crippen LogP contribution in [0.1, 0.15) is 30.7 Å². The number of allylic oxidation sites excluding steroid dienone is 2. The summed E-state index contributed by atoms with van der Waals surface area (Å²) in [6, 6.07) is 12.6. The van der Waals surface area contributed by atoms with Crippen molar-refractivity contribution in [3.8, 4) is 0 Å². The lowest BCUT2D eigenvalue weighted by atomic mass is 10.0. The van der Waals surface area contributed by atoms with Gasteiger partial charge in [0.15, 0.2) is 0 Å². The summed E-state index contributed by atoms with van der Waals surface area (Å²) in [7, 11) is 0. The highest BCUT2D eigenvalue weighted by atomic mass is 19.1. The van der Waals surface area contributed by atoms with Crippen molar-refractivity contribution in [2.75, 3.05) is 11.1 Å². The Morgan fingerprint density at radius 2 is 1.63 bits per heavy atom. The maximum absolute atomic E-state index is 13.1. The lowest BCUT2D eigenvalue weighted by Gasteiger charge is -2.09.